The zero-order chi connectivity index (χ0) is 10.1. The predicted octanol–water partition coefficient (Wildman–Crippen LogP) is 1.05. The van der Waals surface area contributed by atoms with Crippen LogP contribution in [0, 0.1) is 0 Å². The van der Waals surface area contributed by atoms with Gasteiger partial charge in [0.25, 0.3) is 0 Å². The molecule has 2 rings (SSSR count). The fraction of sp³-hybridized carbons (Fsp3) is 0.111. The van der Waals surface area contributed by atoms with Gasteiger partial charge in [-0.1, -0.05) is 6.07 Å². The third-order valence-electron chi connectivity index (χ3n) is 1.67. The van der Waals surface area contributed by atoms with Crippen LogP contribution in [0.2, 0.25) is 0 Å². The smallest absolute Gasteiger partial charge is 0.417 e. The molecule has 0 atom stereocenters. The van der Waals surface area contributed by atoms with Crippen LogP contribution in [-0.4, -0.2) is 11.0 Å². The van der Waals surface area contributed by atoms with E-state index in [0.717, 1.165) is 0 Å². The Hall–Kier alpha value is -2.04. The molecule has 72 valence electrons. The van der Waals surface area contributed by atoms with Gasteiger partial charge in [-0.3, -0.25) is 9.78 Å². The summed E-state index contributed by atoms with van der Waals surface area (Å²) < 4.78 is 9.66. The molecule has 1 aromatic carbocycles. The molecule has 0 fully saturated rings. The molecule has 0 spiro atoms. The van der Waals surface area contributed by atoms with Crippen LogP contribution in [-0.2, 0) is 4.79 Å². The normalized spacial score (nSPS) is 10.4. The lowest BCUT2D eigenvalue weighted by atomic mass is 10.3. The van der Waals surface area contributed by atoms with Gasteiger partial charge in [0.2, 0.25) is 0 Å². The number of carbonyl (C=O) groups excluding carboxylic acids is 1. The average molecular weight is 193 g/mol. The second-order valence-electron chi connectivity index (χ2n) is 2.74. The first-order chi connectivity index (χ1) is 6.66. The third-order valence-corrected chi connectivity index (χ3v) is 1.67. The molecule has 0 aliphatic heterocycles. The molecule has 14 heavy (non-hydrogen) atoms. The highest BCUT2D eigenvalue weighted by Gasteiger charge is 2.08. The van der Waals surface area contributed by atoms with Crippen molar-refractivity contribution in [3.63, 3.8) is 0 Å². The Labute approximate surface area is 78.3 Å². The highest BCUT2D eigenvalue weighted by molar-refractivity contribution is 5.82. The van der Waals surface area contributed by atoms with Crippen LogP contribution in [0.25, 0.3) is 11.1 Å². The van der Waals surface area contributed by atoms with Gasteiger partial charge < -0.3 is 9.15 Å². The topological polar surface area (TPSA) is 72.3 Å². The number of oxazole rings is 1. The molecule has 5 heteroatoms. The van der Waals surface area contributed by atoms with Gasteiger partial charge in [-0.2, -0.15) is 0 Å². The minimum Gasteiger partial charge on any atom is -0.424 e. The Morgan fingerprint density at radius 3 is 3.00 bits per heavy atom. The minimum atomic E-state index is -0.570. The highest BCUT2D eigenvalue weighted by atomic mass is 16.5. The van der Waals surface area contributed by atoms with Gasteiger partial charge in [-0.05, 0) is 12.1 Å². The van der Waals surface area contributed by atoms with E-state index in [0.29, 0.717) is 16.8 Å². The molecule has 0 aliphatic carbocycles. The summed E-state index contributed by atoms with van der Waals surface area (Å²) in [5.74, 6) is -0.722. The summed E-state index contributed by atoms with van der Waals surface area (Å²) in [5, 5.41) is 0. The number of para-hydroxylation sites is 1. The van der Waals surface area contributed by atoms with E-state index in [-0.39, 0.29) is 0 Å². The summed E-state index contributed by atoms with van der Waals surface area (Å²) in [4.78, 5) is 24.0. The van der Waals surface area contributed by atoms with E-state index in [2.05, 4.69) is 4.98 Å². The fourth-order valence-corrected chi connectivity index (χ4v) is 1.19. The number of H-pyrrole nitrogens is 1. The van der Waals surface area contributed by atoms with Crippen molar-refractivity contribution in [3.8, 4) is 5.75 Å². The van der Waals surface area contributed by atoms with Crippen LogP contribution in [0.4, 0.5) is 0 Å². The van der Waals surface area contributed by atoms with Gasteiger partial charge in [0, 0.05) is 6.92 Å². The van der Waals surface area contributed by atoms with Crippen molar-refractivity contribution in [3.05, 3.63) is 28.7 Å². The van der Waals surface area contributed by atoms with Crippen LogP contribution >= 0.6 is 0 Å². The third kappa shape index (κ3) is 1.39. The van der Waals surface area contributed by atoms with Crippen molar-refractivity contribution >= 4 is 17.1 Å². The summed E-state index contributed by atoms with van der Waals surface area (Å²) in [7, 11) is 0. The lowest BCUT2D eigenvalue weighted by Gasteiger charge is -1.99. The number of aromatic nitrogens is 1. The van der Waals surface area contributed by atoms with Crippen LogP contribution in [0.15, 0.2) is 27.4 Å². The number of hydrogen-bond donors (Lipinski definition) is 1. The van der Waals surface area contributed by atoms with Gasteiger partial charge in [0.1, 0.15) is 5.52 Å². The van der Waals surface area contributed by atoms with E-state index >= 15 is 0 Å². The maximum Gasteiger partial charge on any atom is 0.417 e. The van der Waals surface area contributed by atoms with Crippen LogP contribution in [0.5, 0.6) is 5.75 Å². The van der Waals surface area contributed by atoms with Crippen molar-refractivity contribution in [1.29, 1.82) is 0 Å². The van der Waals surface area contributed by atoms with Crippen molar-refractivity contribution < 1.29 is 13.9 Å². The van der Waals surface area contributed by atoms with E-state index in [1.54, 1.807) is 18.2 Å². The molecule has 0 radical (unpaired) electrons. The summed E-state index contributed by atoms with van der Waals surface area (Å²) in [6.45, 7) is 1.29. The molecule has 0 aliphatic rings. The van der Waals surface area contributed by atoms with Crippen molar-refractivity contribution in [2.75, 3.05) is 0 Å². The standard InChI is InChI=1S/C9H7NO4/c1-5(11)13-6-3-2-4-7-8(6)10-9(12)14-7/h2-4H,1H3,(H,10,12). The maximum atomic E-state index is 10.9. The molecule has 1 aromatic heterocycles. The lowest BCUT2D eigenvalue weighted by Crippen LogP contribution is -2.02. The molecule has 2 aromatic rings. The minimum absolute atomic E-state index is 0.292. The average Bonchev–Trinajstić information content (AvgIpc) is 2.45. The van der Waals surface area contributed by atoms with Crippen LogP contribution < -0.4 is 10.5 Å². The number of rotatable bonds is 1. The molecule has 0 saturated carbocycles. The zero-order valence-corrected chi connectivity index (χ0v) is 7.37. The Balaban J connectivity index is 2.64. The van der Waals surface area contributed by atoms with E-state index in [1.807, 2.05) is 0 Å². The van der Waals surface area contributed by atoms with E-state index in [1.165, 1.54) is 6.92 Å². The maximum absolute atomic E-state index is 10.9. The summed E-state index contributed by atoms with van der Waals surface area (Å²) in [6.07, 6.45) is 0. The largest absolute Gasteiger partial charge is 0.424 e. The van der Waals surface area contributed by atoms with Crippen molar-refractivity contribution in [1.82, 2.24) is 4.98 Å². The van der Waals surface area contributed by atoms with Crippen LogP contribution in [0.3, 0.4) is 0 Å². The molecule has 1 N–H and O–H groups in total. The monoisotopic (exact) mass is 193 g/mol. The lowest BCUT2D eigenvalue weighted by molar-refractivity contribution is -0.131. The number of ether oxygens (including phenoxy) is 1. The SMILES string of the molecule is CC(=O)Oc1cccc2oc(=O)[nH]c12. The molecular weight excluding hydrogens is 186 g/mol. The first kappa shape index (κ1) is 8.55. The number of hydrogen-bond acceptors (Lipinski definition) is 4. The molecular formula is C9H7NO4. The quantitative estimate of drug-likeness (QED) is 0.542. The van der Waals surface area contributed by atoms with E-state index in [4.69, 9.17) is 9.15 Å². The molecule has 5 nitrogen and oxygen atoms in total. The van der Waals surface area contributed by atoms with Gasteiger partial charge in [0.05, 0.1) is 0 Å². The zero-order valence-electron chi connectivity index (χ0n) is 7.37. The number of aromatic amines is 1. The van der Waals surface area contributed by atoms with Gasteiger partial charge in [-0.25, -0.2) is 4.79 Å². The first-order valence-electron chi connectivity index (χ1n) is 3.97. The Morgan fingerprint density at radius 2 is 2.29 bits per heavy atom. The molecule has 0 unspecified atom stereocenters. The second kappa shape index (κ2) is 3.02. The molecule has 1 heterocycles. The summed E-state index contributed by atoms with van der Waals surface area (Å²) in [6, 6.07) is 4.83. The van der Waals surface area contributed by atoms with Gasteiger partial charge in [0.15, 0.2) is 11.3 Å². The molecule has 0 bridgehead atoms. The molecule has 0 saturated heterocycles. The summed E-state index contributed by atoms with van der Waals surface area (Å²) >= 11 is 0. The Kier molecular flexibility index (Phi) is 1.85. The van der Waals surface area contributed by atoms with Gasteiger partial charge >= 0.3 is 11.7 Å². The fourth-order valence-electron chi connectivity index (χ4n) is 1.19. The van der Waals surface area contributed by atoms with Crippen LogP contribution in [0.1, 0.15) is 6.92 Å². The van der Waals surface area contributed by atoms with Gasteiger partial charge in [-0.15, -0.1) is 0 Å². The first-order valence-corrected chi connectivity index (χ1v) is 3.97. The number of benzene rings is 1. The molecule has 0 amide bonds. The predicted molar refractivity (Wildman–Crippen MR) is 48.1 cm³/mol. The van der Waals surface area contributed by atoms with Crippen molar-refractivity contribution in [2.45, 2.75) is 6.92 Å². The Morgan fingerprint density at radius 1 is 1.50 bits per heavy atom. The number of fused-ring (bicyclic) bond motifs is 1. The number of esters is 1. The number of nitrogens with one attached hydrogen (secondary N) is 1. The Bertz CT molecular complexity index is 537. The van der Waals surface area contributed by atoms with Crippen molar-refractivity contribution in [2.24, 2.45) is 0 Å². The second-order valence-corrected chi connectivity index (χ2v) is 2.74. The number of carbonyl (C=O) groups is 1. The van der Waals surface area contributed by atoms with E-state index in [9.17, 15) is 9.59 Å². The van der Waals surface area contributed by atoms with E-state index < -0.39 is 11.7 Å². The summed E-state index contributed by atoms with van der Waals surface area (Å²) in [5.41, 5.74) is 0.765. The highest BCUT2D eigenvalue weighted by Crippen LogP contribution is 2.22.